The zero-order valence-corrected chi connectivity index (χ0v) is 16.7. The summed E-state index contributed by atoms with van der Waals surface area (Å²) in [6.45, 7) is 4.86. The Morgan fingerprint density at radius 2 is 1.86 bits per heavy atom. The maximum Gasteiger partial charge on any atom is 0.226 e. The highest BCUT2D eigenvalue weighted by Crippen LogP contribution is 2.29. The summed E-state index contributed by atoms with van der Waals surface area (Å²) in [5, 5.41) is 9.87. The average Bonchev–Trinajstić information content (AvgIpc) is 2.79. The summed E-state index contributed by atoms with van der Waals surface area (Å²) < 4.78 is 5.50. The Morgan fingerprint density at radius 3 is 2.57 bits per heavy atom. The fourth-order valence-corrected chi connectivity index (χ4v) is 3.97. The van der Waals surface area contributed by atoms with E-state index in [1.165, 1.54) is 0 Å². The van der Waals surface area contributed by atoms with Crippen LogP contribution >= 0.6 is 11.8 Å². The van der Waals surface area contributed by atoms with Crippen molar-refractivity contribution in [1.82, 2.24) is 19.9 Å². The Hall–Kier alpha value is -2.44. The van der Waals surface area contributed by atoms with Gasteiger partial charge in [-0.25, -0.2) is 19.9 Å². The topological polar surface area (TPSA) is 91.1 Å². The van der Waals surface area contributed by atoms with Crippen molar-refractivity contribution in [3.8, 4) is 6.07 Å². The number of hydrogen-bond acceptors (Lipinski definition) is 9. The van der Waals surface area contributed by atoms with Crippen molar-refractivity contribution < 1.29 is 4.74 Å². The number of anilines is 2. The third-order valence-corrected chi connectivity index (χ3v) is 5.73. The number of nitrogens with zero attached hydrogens (tertiary/aromatic N) is 7. The summed E-state index contributed by atoms with van der Waals surface area (Å²) in [5.74, 6) is 2.06. The van der Waals surface area contributed by atoms with Gasteiger partial charge in [-0.15, -0.1) is 0 Å². The molecule has 0 radical (unpaired) electrons. The van der Waals surface area contributed by atoms with Crippen molar-refractivity contribution in [3.05, 3.63) is 29.7 Å². The molecule has 0 N–H and O–H groups in total. The minimum Gasteiger partial charge on any atom is -0.381 e. The average molecular weight is 398 g/mol. The molecule has 0 aliphatic carbocycles. The van der Waals surface area contributed by atoms with Crippen molar-refractivity contribution in [1.29, 1.82) is 5.26 Å². The molecule has 0 atom stereocenters. The van der Waals surface area contributed by atoms with Crippen molar-refractivity contribution in [2.45, 2.75) is 23.9 Å². The summed E-state index contributed by atoms with van der Waals surface area (Å²) in [6.07, 6.45) is 5.70. The predicted octanol–water partition coefficient (Wildman–Crippen LogP) is 2.08. The van der Waals surface area contributed by atoms with Gasteiger partial charge in [-0.05, 0) is 25.2 Å². The molecule has 146 valence electrons. The quantitative estimate of drug-likeness (QED) is 0.568. The molecular weight excluding hydrogens is 374 g/mol. The molecule has 0 bridgehead atoms. The molecule has 0 unspecified atom stereocenters. The number of piperazine rings is 1. The number of nitriles is 1. The van der Waals surface area contributed by atoms with Gasteiger partial charge < -0.3 is 14.5 Å². The SMILES string of the molecule is CSc1nc(C2CCOCC2)cc(N2CCN(c3nccc(C#N)n3)CC2)n1. The van der Waals surface area contributed by atoms with Gasteiger partial charge in [0.1, 0.15) is 17.6 Å². The van der Waals surface area contributed by atoms with Crippen LogP contribution in [0.3, 0.4) is 0 Å². The standard InChI is InChI=1S/C19H23N7OS/c1-28-19-23-16(14-3-10-27-11-4-14)12-17(24-19)25-6-8-26(9-7-25)18-21-5-2-15(13-20)22-18/h2,5,12,14H,3-4,6-11H2,1H3. The summed E-state index contributed by atoms with van der Waals surface area (Å²) in [4.78, 5) is 22.6. The number of rotatable bonds is 4. The second-order valence-corrected chi connectivity index (χ2v) is 7.63. The molecular formula is C19H23N7OS. The lowest BCUT2D eigenvalue weighted by Crippen LogP contribution is -2.47. The Kier molecular flexibility index (Phi) is 5.88. The Labute approximate surface area is 169 Å². The smallest absolute Gasteiger partial charge is 0.226 e. The van der Waals surface area contributed by atoms with Crippen molar-refractivity contribution >= 4 is 23.5 Å². The van der Waals surface area contributed by atoms with Gasteiger partial charge in [0.25, 0.3) is 0 Å². The van der Waals surface area contributed by atoms with Gasteiger partial charge in [-0.1, -0.05) is 11.8 Å². The molecule has 2 aromatic rings. The van der Waals surface area contributed by atoms with Crippen LogP contribution in [0, 0.1) is 11.3 Å². The van der Waals surface area contributed by atoms with Crippen LogP contribution in [-0.2, 0) is 4.74 Å². The van der Waals surface area contributed by atoms with Gasteiger partial charge in [0, 0.05) is 57.6 Å². The molecule has 4 rings (SSSR count). The highest BCUT2D eigenvalue weighted by molar-refractivity contribution is 7.98. The van der Waals surface area contributed by atoms with E-state index >= 15 is 0 Å². The minimum atomic E-state index is 0.397. The van der Waals surface area contributed by atoms with Gasteiger partial charge in [0.15, 0.2) is 5.16 Å². The molecule has 8 nitrogen and oxygen atoms in total. The van der Waals surface area contributed by atoms with Crippen LogP contribution in [-0.4, -0.2) is 65.6 Å². The lowest BCUT2D eigenvalue weighted by atomic mass is 9.96. The largest absolute Gasteiger partial charge is 0.381 e. The molecule has 0 spiro atoms. The highest BCUT2D eigenvalue weighted by atomic mass is 32.2. The Bertz CT molecular complexity index is 858. The Balaban J connectivity index is 1.48. The summed E-state index contributed by atoms with van der Waals surface area (Å²) >= 11 is 1.59. The van der Waals surface area contributed by atoms with Gasteiger partial charge in [0.2, 0.25) is 5.95 Å². The van der Waals surface area contributed by atoms with Crippen LogP contribution in [0.25, 0.3) is 0 Å². The first kappa shape index (κ1) is 18.9. The first-order valence-electron chi connectivity index (χ1n) is 9.50. The first-order valence-corrected chi connectivity index (χ1v) is 10.7. The van der Waals surface area contributed by atoms with E-state index in [0.717, 1.165) is 68.9 Å². The van der Waals surface area contributed by atoms with E-state index in [-0.39, 0.29) is 0 Å². The van der Waals surface area contributed by atoms with Gasteiger partial charge in [0.05, 0.1) is 5.69 Å². The van der Waals surface area contributed by atoms with Crippen LogP contribution in [0.4, 0.5) is 11.8 Å². The zero-order valence-electron chi connectivity index (χ0n) is 15.9. The molecule has 0 aromatic carbocycles. The third kappa shape index (κ3) is 4.18. The fraction of sp³-hybridized carbons (Fsp3) is 0.526. The normalized spacial score (nSPS) is 18.1. The second kappa shape index (κ2) is 8.71. The van der Waals surface area contributed by atoms with Crippen LogP contribution in [0.1, 0.15) is 30.1 Å². The fourth-order valence-electron chi connectivity index (χ4n) is 3.58. The monoisotopic (exact) mass is 397 g/mol. The van der Waals surface area contributed by atoms with Crippen molar-refractivity contribution in [2.75, 3.05) is 55.4 Å². The number of thioether (sulfide) groups is 1. The lowest BCUT2D eigenvalue weighted by molar-refractivity contribution is 0.0843. The van der Waals surface area contributed by atoms with E-state index in [9.17, 15) is 0 Å². The lowest BCUT2D eigenvalue weighted by Gasteiger charge is -2.35. The summed E-state index contributed by atoms with van der Waals surface area (Å²) in [7, 11) is 0. The number of aromatic nitrogens is 4. The van der Waals surface area contributed by atoms with E-state index in [0.29, 0.717) is 17.6 Å². The van der Waals surface area contributed by atoms with E-state index in [4.69, 9.17) is 20.0 Å². The highest BCUT2D eigenvalue weighted by Gasteiger charge is 2.24. The number of hydrogen-bond donors (Lipinski definition) is 0. The molecule has 2 saturated heterocycles. The number of ether oxygens (including phenoxy) is 1. The molecule has 9 heteroatoms. The summed E-state index contributed by atoms with van der Waals surface area (Å²) in [5.41, 5.74) is 1.53. The van der Waals surface area contributed by atoms with Gasteiger partial charge >= 0.3 is 0 Å². The zero-order chi connectivity index (χ0) is 19.3. The van der Waals surface area contributed by atoms with Crippen LogP contribution < -0.4 is 9.80 Å². The Morgan fingerprint density at radius 1 is 1.11 bits per heavy atom. The molecule has 4 heterocycles. The molecule has 2 fully saturated rings. The molecule has 0 amide bonds. The molecule has 28 heavy (non-hydrogen) atoms. The van der Waals surface area contributed by atoms with Crippen LogP contribution in [0.5, 0.6) is 0 Å². The predicted molar refractivity (Wildman–Crippen MR) is 108 cm³/mol. The van der Waals surface area contributed by atoms with Gasteiger partial charge in [-0.3, -0.25) is 0 Å². The van der Waals surface area contributed by atoms with Crippen LogP contribution in [0.15, 0.2) is 23.5 Å². The van der Waals surface area contributed by atoms with Crippen molar-refractivity contribution in [3.63, 3.8) is 0 Å². The summed E-state index contributed by atoms with van der Waals surface area (Å²) in [6, 6.07) is 5.85. The minimum absolute atomic E-state index is 0.397. The van der Waals surface area contributed by atoms with Gasteiger partial charge in [-0.2, -0.15) is 5.26 Å². The van der Waals surface area contributed by atoms with E-state index in [1.807, 2.05) is 6.26 Å². The molecule has 2 aliphatic heterocycles. The molecule has 0 saturated carbocycles. The maximum atomic E-state index is 9.04. The van der Waals surface area contributed by atoms with E-state index in [1.54, 1.807) is 24.0 Å². The van der Waals surface area contributed by atoms with Crippen LogP contribution in [0.2, 0.25) is 0 Å². The maximum absolute atomic E-state index is 9.04. The first-order chi connectivity index (χ1) is 13.8. The van der Waals surface area contributed by atoms with Crippen molar-refractivity contribution in [2.24, 2.45) is 0 Å². The van der Waals surface area contributed by atoms with E-state index in [2.05, 4.69) is 31.9 Å². The third-order valence-electron chi connectivity index (χ3n) is 5.18. The molecule has 2 aromatic heterocycles. The van der Waals surface area contributed by atoms with E-state index < -0.39 is 0 Å². The molecule has 2 aliphatic rings. The second-order valence-electron chi connectivity index (χ2n) is 6.85.